The van der Waals surface area contributed by atoms with Gasteiger partial charge in [0.15, 0.2) is 0 Å². The molecule has 2 aromatic rings. The SMILES string of the molecule is CCC(=O)Nc1cccc(NC(=O)CNc2cccc(Cl)c2Cl)c1C. The summed E-state index contributed by atoms with van der Waals surface area (Å²) in [5, 5.41) is 9.37. The number of carbonyl (C=O) groups is 2. The highest BCUT2D eigenvalue weighted by atomic mass is 35.5. The van der Waals surface area contributed by atoms with E-state index in [1.54, 1.807) is 43.3 Å². The molecule has 0 aromatic heterocycles. The number of hydrogen-bond donors (Lipinski definition) is 3. The third-order valence-corrected chi connectivity index (χ3v) is 4.41. The Morgan fingerprint density at radius 3 is 2.12 bits per heavy atom. The number of amides is 2. The lowest BCUT2D eigenvalue weighted by Crippen LogP contribution is -2.22. The van der Waals surface area contributed by atoms with Gasteiger partial charge in [0.2, 0.25) is 11.8 Å². The second-order valence-electron chi connectivity index (χ2n) is 5.38. The molecule has 0 fully saturated rings. The van der Waals surface area contributed by atoms with E-state index < -0.39 is 0 Å². The Labute approximate surface area is 156 Å². The van der Waals surface area contributed by atoms with Crippen LogP contribution in [0.15, 0.2) is 36.4 Å². The van der Waals surface area contributed by atoms with Gasteiger partial charge in [0, 0.05) is 17.8 Å². The molecule has 3 N–H and O–H groups in total. The Hall–Kier alpha value is -2.24. The Bertz CT molecular complexity index is 794. The summed E-state index contributed by atoms with van der Waals surface area (Å²) in [6.07, 6.45) is 0.389. The highest BCUT2D eigenvalue weighted by Gasteiger charge is 2.10. The van der Waals surface area contributed by atoms with Gasteiger partial charge in [0.05, 0.1) is 22.3 Å². The summed E-state index contributed by atoms with van der Waals surface area (Å²) >= 11 is 12.0. The fraction of sp³-hybridized carbons (Fsp3) is 0.222. The summed E-state index contributed by atoms with van der Waals surface area (Å²) < 4.78 is 0. The molecule has 2 aromatic carbocycles. The van der Waals surface area contributed by atoms with Crippen molar-refractivity contribution < 1.29 is 9.59 Å². The minimum atomic E-state index is -0.238. The van der Waals surface area contributed by atoms with E-state index in [1.807, 2.05) is 6.92 Å². The van der Waals surface area contributed by atoms with Crippen LogP contribution in [0, 0.1) is 6.92 Å². The van der Waals surface area contributed by atoms with Crippen molar-refractivity contribution in [3.05, 3.63) is 52.0 Å². The van der Waals surface area contributed by atoms with E-state index in [1.165, 1.54) is 0 Å². The van der Waals surface area contributed by atoms with Crippen molar-refractivity contribution in [2.24, 2.45) is 0 Å². The molecular weight excluding hydrogens is 361 g/mol. The molecule has 25 heavy (non-hydrogen) atoms. The number of anilines is 3. The zero-order valence-electron chi connectivity index (χ0n) is 14.0. The molecule has 0 unspecified atom stereocenters. The van der Waals surface area contributed by atoms with Crippen molar-refractivity contribution in [2.75, 3.05) is 22.5 Å². The van der Waals surface area contributed by atoms with Crippen LogP contribution in [-0.4, -0.2) is 18.4 Å². The van der Waals surface area contributed by atoms with E-state index >= 15 is 0 Å². The Balaban J connectivity index is 2.02. The predicted molar refractivity (Wildman–Crippen MR) is 104 cm³/mol. The molecule has 2 rings (SSSR count). The summed E-state index contributed by atoms with van der Waals surface area (Å²) in [5.41, 5.74) is 2.69. The highest BCUT2D eigenvalue weighted by Crippen LogP contribution is 2.29. The van der Waals surface area contributed by atoms with Crippen molar-refractivity contribution in [3.63, 3.8) is 0 Å². The van der Waals surface area contributed by atoms with Gasteiger partial charge in [-0.15, -0.1) is 0 Å². The van der Waals surface area contributed by atoms with Crippen LogP contribution in [0.3, 0.4) is 0 Å². The predicted octanol–water partition coefficient (Wildman–Crippen LogP) is 4.70. The normalized spacial score (nSPS) is 10.2. The monoisotopic (exact) mass is 379 g/mol. The maximum absolute atomic E-state index is 12.2. The van der Waals surface area contributed by atoms with Crippen molar-refractivity contribution in [1.29, 1.82) is 0 Å². The Morgan fingerprint density at radius 2 is 1.48 bits per heavy atom. The summed E-state index contributed by atoms with van der Waals surface area (Å²) in [5.74, 6) is -0.318. The van der Waals surface area contributed by atoms with Gasteiger partial charge in [-0.1, -0.05) is 42.3 Å². The molecule has 5 nitrogen and oxygen atoms in total. The van der Waals surface area contributed by atoms with Crippen LogP contribution in [0.5, 0.6) is 0 Å². The molecule has 0 spiro atoms. The van der Waals surface area contributed by atoms with E-state index in [0.29, 0.717) is 33.5 Å². The van der Waals surface area contributed by atoms with E-state index in [9.17, 15) is 9.59 Å². The van der Waals surface area contributed by atoms with Crippen LogP contribution in [0.2, 0.25) is 10.0 Å². The molecule has 2 amide bonds. The van der Waals surface area contributed by atoms with Gasteiger partial charge in [-0.3, -0.25) is 9.59 Å². The van der Waals surface area contributed by atoms with Gasteiger partial charge in [-0.2, -0.15) is 0 Å². The van der Waals surface area contributed by atoms with Crippen molar-refractivity contribution in [1.82, 2.24) is 0 Å². The molecule has 0 aliphatic rings. The fourth-order valence-electron chi connectivity index (χ4n) is 2.16. The molecule has 7 heteroatoms. The number of halogens is 2. The van der Waals surface area contributed by atoms with Crippen LogP contribution in [0.1, 0.15) is 18.9 Å². The van der Waals surface area contributed by atoms with E-state index in [4.69, 9.17) is 23.2 Å². The maximum Gasteiger partial charge on any atom is 0.243 e. The molecule has 0 saturated heterocycles. The van der Waals surface area contributed by atoms with E-state index in [0.717, 1.165) is 5.56 Å². The third kappa shape index (κ3) is 5.11. The van der Waals surface area contributed by atoms with Crippen LogP contribution in [0.25, 0.3) is 0 Å². The van der Waals surface area contributed by atoms with Gasteiger partial charge in [-0.05, 0) is 36.8 Å². The number of benzene rings is 2. The summed E-state index contributed by atoms with van der Waals surface area (Å²) in [4.78, 5) is 23.7. The molecule has 0 heterocycles. The lowest BCUT2D eigenvalue weighted by atomic mass is 10.1. The molecule has 0 bridgehead atoms. The van der Waals surface area contributed by atoms with Crippen LogP contribution in [-0.2, 0) is 9.59 Å². The number of rotatable bonds is 6. The van der Waals surface area contributed by atoms with Crippen molar-refractivity contribution in [3.8, 4) is 0 Å². The molecule has 0 aliphatic heterocycles. The molecule has 0 radical (unpaired) electrons. The van der Waals surface area contributed by atoms with Crippen LogP contribution < -0.4 is 16.0 Å². The molecule has 0 aliphatic carbocycles. The summed E-state index contributed by atoms with van der Waals surface area (Å²) in [6, 6.07) is 10.5. The molecular formula is C18H19Cl2N3O2. The van der Waals surface area contributed by atoms with Crippen LogP contribution >= 0.6 is 23.2 Å². The Kier molecular flexibility index (Phi) is 6.67. The Morgan fingerprint density at radius 1 is 0.920 bits per heavy atom. The highest BCUT2D eigenvalue weighted by molar-refractivity contribution is 6.43. The minimum absolute atomic E-state index is 0.0328. The first kappa shape index (κ1) is 19.1. The largest absolute Gasteiger partial charge is 0.375 e. The zero-order chi connectivity index (χ0) is 18.4. The first-order valence-electron chi connectivity index (χ1n) is 7.79. The van der Waals surface area contributed by atoms with E-state index in [-0.39, 0.29) is 18.4 Å². The lowest BCUT2D eigenvalue weighted by Gasteiger charge is -2.14. The van der Waals surface area contributed by atoms with Gasteiger partial charge in [0.25, 0.3) is 0 Å². The first-order valence-corrected chi connectivity index (χ1v) is 8.55. The smallest absolute Gasteiger partial charge is 0.243 e. The lowest BCUT2D eigenvalue weighted by molar-refractivity contribution is -0.116. The molecule has 0 atom stereocenters. The van der Waals surface area contributed by atoms with Gasteiger partial charge < -0.3 is 16.0 Å². The quantitative estimate of drug-likeness (QED) is 0.680. The standard InChI is InChI=1S/C18H19Cl2N3O2/c1-3-16(24)22-13-7-5-8-14(11(13)2)23-17(25)10-21-15-9-4-6-12(19)18(15)20/h4-9,21H,3,10H2,1-2H3,(H,22,24)(H,23,25). The first-order chi connectivity index (χ1) is 11.9. The van der Waals surface area contributed by atoms with Gasteiger partial charge >= 0.3 is 0 Å². The van der Waals surface area contributed by atoms with Crippen LogP contribution in [0.4, 0.5) is 17.1 Å². The number of hydrogen-bond acceptors (Lipinski definition) is 3. The fourth-order valence-corrected chi connectivity index (χ4v) is 2.52. The van der Waals surface area contributed by atoms with Crippen molar-refractivity contribution >= 4 is 52.1 Å². The summed E-state index contributed by atoms with van der Waals surface area (Å²) in [7, 11) is 0. The van der Waals surface area contributed by atoms with Gasteiger partial charge in [0.1, 0.15) is 0 Å². The second-order valence-corrected chi connectivity index (χ2v) is 6.17. The van der Waals surface area contributed by atoms with E-state index in [2.05, 4.69) is 16.0 Å². The molecule has 132 valence electrons. The maximum atomic E-state index is 12.2. The zero-order valence-corrected chi connectivity index (χ0v) is 15.5. The number of nitrogens with one attached hydrogen (secondary N) is 3. The topological polar surface area (TPSA) is 70.2 Å². The van der Waals surface area contributed by atoms with Gasteiger partial charge in [-0.25, -0.2) is 0 Å². The average Bonchev–Trinajstić information content (AvgIpc) is 2.59. The average molecular weight is 380 g/mol. The second kappa shape index (κ2) is 8.74. The molecule has 0 saturated carbocycles. The number of carbonyl (C=O) groups excluding carboxylic acids is 2. The summed E-state index contributed by atoms with van der Waals surface area (Å²) in [6.45, 7) is 3.65. The third-order valence-electron chi connectivity index (χ3n) is 3.59. The van der Waals surface area contributed by atoms with Crippen molar-refractivity contribution in [2.45, 2.75) is 20.3 Å². The minimum Gasteiger partial charge on any atom is -0.375 e.